The zero-order valence-corrected chi connectivity index (χ0v) is 8.47. The molecule has 74 valence electrons. The average molecular weight is 197 g/mol. The summed E-state index contributed by atoms with van der Waals surface area (Å²) in [4.78, 5) is 4.05. The SMILES string of the molecule is C[C@@H]1C=Cc2oc3cnccc3c2C=C1. The van der Waals surface area contributed by atoms with Gasteiger partial charge in [-0.1, -0.05) is 25.2 Å². The zero-order chi connectivity index (χ0) is 10.3. The minimum atomic E-state index is 0.462. The Morgan fingerprint density at radius 1 is 1.27 bits per heavy atom. The molecular weight excluding hydrogens is 186 g/mol. The number of rotatable bonds is 0. The first kappa shape index (κ1) is 8.48. The van der Waals surface area contributed by atoms with Crippen LogP contribution in [0.4, 0.5) is 0 Å². The summed E-state index contributed by atoms with van der Waals surface area (Å²) in [6, 6.07) is 1.99. The lowest BCUT2D eigenvalue weighted by Crippen LogP contribution is -1.77. The first-order valence-electron chi connectivity index (χ1n) is 5.07. The van der Waals surface area contributed by atoms with Crippen LogP contribution in [0.15, 0.2) is 35.0 Å². The lowest BCUT2D eigenvalue weighted by atomic mass is 10.1. The molecule has 2 heteroatoms. The van der Waals surface area contributed by atoms with Gasteiger partial charge in [0.25, 0.3) is 0 Å². The van der Waals surface area contributed by atoms with Crippen LogP contribution < -0.4 is 0 Å². The Morgan fingerprint density at radius 2 is 2.13 bits per heavy atom. The van der Waals surface area contributed by atoms with Crippen molar-refractivity contribution in [2.75, 3.05) is 0 Å². The predicted octanol–water partition coefficient (Wildman–Crippen LogP) is 3.50. The summed E-state index contributed by atoms with van der Waals surface area (Å²) in [5.74, 6) is 1.39. The predicted molar refractivity (Wildman–Crippen MR) is 61.2 cm³/mol. The van der Waals surface area contributed by atoms with E-state index < -0.39 is 0 Å². The fraction of sp³-hybridized carbons (Fsp3) is 0.154. The molecular formula is C13H11NO. The second-order valence-corrected chi connectivity index (χ2v) is 3.83. The topological polar surface area (TPSA) is 26.0 Å². The van der Waals surface area contributed by atoms with Gasteiger partial charge in [-0.05, 0) is 18.1 Å². The number of hydrogen-bond donors (Lipinski definition) is 0. The molecule has 0 N–H and O–H groups in total. The van der Waals surface area contributed by atoms with Crippen molar-refractivity contribution < 1.29 is 4.42 Å². The molecule has 1 aliphatic rings. The molecule has 2 aromatic rings. The van der Waals surface area contributed by atoms with Gasteiger partial charge in [0.15, 0.2) is 5.58 Å². The second-order valence-electron chi connectivity index (χ2n) is 3.83. The molecule has 2 heterocycles. The van der Waals surface area contributed by atoms with E-state index >= 15 is 0 Å². The van der Waals surface area contributed by atoms with Gasteiger partial charge in [0.05, 0.1) is 6.20 Å². The lowest BCUT2D eigenvalue weighted by Gasteiger charge is -1.92. The molecule has 0 saturated carbocycles. The van der Waals surface area contributed by atoms with E-state index in [0.717, 1.165) is 22.3 Å². The maximum absolute atomic E-state index is 5.72. The third-order valence-corrected chi connectivity index (χ3v) is 2.68. The zero-order valence-electron chi connectivity index (χ0n) is 8.47. The Balaban J connectivity index is 2.33. The molecule has 0 aromatic carbocycles. The van der Waals surface area contributed by atoms with Gasteiger partial charge >= 0.3 is 0 Å². The number of aromatic nitrogens is 1. The molecule has 0 radical (unpaired) electrons. The smallest absolute Gasteiger partial charge is 0.153 e. The van der Waals surface area contributed by atoms with Crippen LogP contribution in [0.3, 0.4) is 0 Å². The molecule has 1 atom stereocenters. The molecule has 1 aliphatic carbocycles. The number of nitrogens with zero attached hydrogens (tertiary/aromatic N) is 1. The normalized spacial score (nSPS) is 19.1. The molecule has 0 fully saturated rings. The van der Waals surface area contributed by atoms with Crippen molar-refractivity contribution in [3.05, 3.63) is 41.9 Å². The largest absolute Gasteiger partial charge is 0.454 e. The summed E-state index contributed by atoms with van der Waals surface area (Å²) in [6.07, 6.45) is 12.0. The van der Waals surface area contributed by atoms with Gasteiger partial charge in [-0.3, -0.25) is 4.98 Å². The Labute approximate surface area is 87.9 Å². The van der Waals surface area contributed by atoms with E-state index in [-0.39, 0.29) is 0 Å². The Bertz CT molecular complexity index is 563. The standard InChI is InChI=1S/C13H11NO/c1-9-2-4-10-11-6-7-14-8-13(11)15-12(10)5-3-9/h2-9H,1H3/t9-/m0/s1. The van der Waals surface area contributed by atoms with Gasteiger partial charge in [-0.15, -0.1) is 0 Å². The highest BCUT2D eigenvalue weighted by molar-refractivity contribution is 5.90. The summed E-state index contributed by atoms with van der Waals surface area (Å²) < 4.78 is 5.72. The van der Waals surface area contributed by atoms with Crippen molar-refractivity contribution in [3.8, 4) is 0 Å². The van der Waals surface area contributed by atoms with E-state index in [1.54, 1.807) is 12.4 Å². The van der Waals surface area contributed by atoms with E-state index in [2.05, 4.69) is 30.1 Å². The molecule has 15 heavy (non-hydrogen) atoms. The van der Waals surface area contributed by atoms with Crippen LogP contribution in [0.5, 0.6) is 0 Å². The number of allylic oxidation sites excluding steroid dienone is 2. The Morgan fingerprint density at radius 3 is 3.07 bits per heavy atom. The molecule has 3 rings (SSSR count). The van der Waals surface area contributed by atoms with E-state index in [1.165, 1.54) is 0 Å². The molecule has 0 spiro atoms. The molecule has 0 unspecified atom stereocenters. The van der Waals surface area contributed by atoms with Gasteiger partial charge in [0.1, 0.15) is 5.76 Å². The van der Waals surface area contributed by atoms with Crippen LogP contribution in [0.1, 0.15) is 18.2 Å². The molecule has 2 aromatic heterocycles. The van der Waals surface area contributed by atoms with Gasteiger partial charge in [-0.25, -0.2) is 0 Å². The molecule has 0 amide bonds. The number of hydrogen-bond acceptors (Lipinski definition) is 2. The molecule has 0 saturated heterocycles. The van der Waals surface area contributed by atoms with Crippen molar-refractivity contribution in [3.63, 3.8) is 0 Å². The maximum Gasteiger partial charge on any atom is 0.153 e. The van der Waals surface area contributed by atoms with E-state index in [0.29, 0.717) is 5.92 Å². The van der Waals surface area contributed by atoms with Crippen LogP contribution in [-0.4, -0.2) is 4.98 Å². The lowest BCUT2D eigenvalue weighted by molar-refractivity contribution is 0.601. The minimum Gasteiger partial charge on any atom is -0.454 e. The van der Waals surface area contributed by atoms with Gasteiger partial charge in [-0.2, -0.15) is 0 Å². The Hall–Kier alpha value is -1.83. The van der Waals surface area contributed by atoms with Crippen molar-refractivity contribution in [2.24, 2.45) is 5.92 Å². The average Bonchev–Trinajstić information content (AvgIpc) is 2.51. The van der Waals surface area contributed by atoms with Crippen LogP contribution in [0, 0.1) is 5.92 Å². The number of furan rings is 1. The summed E-state index contributed by atoms with van der Waals surface area (Å²) in [5, 5.41) is 1.13. The van der Waals surface area contributed by atoms with Crippen LogP contribution in [0.25, 0.3) is 23.1 Å². The Kier molecular flexibility index (Phi) is 1.75. The third-order valence-electron chi connectivity index (χ3n) is 2.68. The monoisotopic (exact) mass is 197 g/mol. The van der Waals surface area contributed by atoms with Gasteiger partial charge in [0.2, 0.25) is 0 Å². The minimum absolute atomic E-state index is 0.462. The fourth-order valence-electron chi connectivity index (χ4n) is 1.84. The first-order chi connectivity index (χ1) is 7.34. The quantitative estimate of drug-likeness (QED) is 0.646. The number of pyridine rings is 1. The summed E-state index contributed by atoms with van der Waals surface area (Å²) in [5.41, 5.74) is 2.01. The third kappa shape index (κ3) is 1.30. The van der Waals surface area contributed by atoms with Crippen LogP contribution in [0.2, 0.25) is 0 Å². The summed E-state index contributed by atoms with van der Waals surface area (Å²) >= 11 is 0. The first-order valence-corrected chi connectivity index (χ1v) is 5.07. The van der Waals surface area contributed by atoms with E-state index in [4.69, 9.17) is 4.42 Å². The number of fused-ring (bicyclic) bond motifs is 3. The van der Waals surface area contributed by atoms with Crippen molar-refractivity contribution in [1.29, 1.82) is 0 Å². The highest BCUT2D eigenvalue weighted by Gasteiger charge is 2.11. The second kappa shape index (κ2) is 3.09. The maximum atomic E-state index is 5.72. The van der Waals surface area contributed by atoms with Crippen molar-refractivity contribution in [1.82, 2.24) is 4.98 Å². The van der Waals surface area contributed by atoms with Crippen LogP contribution >= 0.6 is 0 Å². The highest BCUT2D eigenvalue weighted by atomic mass is 16.3. The molecule has 2 nitrogen and oxygen atoms in total. The van der Waals surface area contributed by atoms with Gasteiger partial charge < -0.3 is 4.42 Å². The van der Waals surface area contributed by atoms with Crippen molar-refractivity contribution in [2.45, 2.75) is 6.92 Å². The van der Waals surface area contributed by atoms with Crippen LogP contribution in [-0.2, 0) is 0 Å². The van der Waals surface area contributed by atoms with E-state index in [1.807, 2.05) is 12.1 Å². The summed E-state index contributed by atoms with van der Waals surface area (Å²) in [6.45, 7) is 2.16. The highest BCUT2D eigenvalue weighted by Crippen LogP contribution is 2.29. The molecule has 0 bridgehead atoms. The summed E-state index contributed by atoms with van der Waals surface area (Å²) in [7, 11) is 0. The molecule has 0 aliphatic heterocycles. The fourth-order valence-corrected chi connectivity index (χ4v) is 1.84. The van der Waals surface area contributed by atoms with Crippen molar-refractivity contribution >= 4 is 23.1 Å². The van der Waals surface area contributed by atoms with Gasteiger partial charge in [0, 0.05) is 17.1 Å². The van der Waals surface area contributed by atoms with E-state index in [9.17, 15) is 0 Å².